The molecule has 0 radical (unpaired) electrons. The normalized spacial score (nSPS) is 11.0. The Labute approximate surface area is 150 Å². The van der Waals surface area contributed by atoms with Gasteiger partial charge in [-0.15, -0.1) is 24.0 Å². The van der Waals surface area contributed by atoms with E-state index in [9.17, 15) is 0 Å². The van der Waals surface area contributed by atoms with Gasteiger partial charge in [-0.25, -0.2) is 0 Å². The van der Waals surface area contributed by atoms with Crippen LogP contribution in [-0.4, -0.2) is 31.6 Å². The molecule has 1 aromatic carbocycles. The second-order valence-corrected chi connectivity index (χ2v) is 5.97. The molecule has 0 fully saturated rings. The molecule has 0 aromatic heterocycles. The molecule has 0 atom stereocenters. The standard InChI is InChI=1S/C16H27N3S.HI/c1-13-7-8-15(14(2)11-13)12-19-16(17-3)18-9-5-6-10-20-4;/h7-8,11H,5-6,9-10,12H2,1-4H3,(H2,17,18,19);1H. The van der Waals surface area contributed by atoms with Crippen molar-refractivity contribution in [3.8, 4) is 0 Å². The Bertz CT molecular complexity index is 436. The summed E-state index contributed by atoms with van der Waals surface area (Å²) >= 11 is 1.90. The molecule has 120 valence electrons. The lowest BCUT2D eigenvalue weighted by atomic mass is 10.1. The fourth-order valence-corrected chi connectivity index (χ4v) is 2.51. The molecule has 0 bridgehead atoms. The zero-order valence-electron chi connectivity index (χ0n) is 13.5. The molecular weight excluding hydrogens is 393 g/mol. The van der Waals surface area contributed by atoms with Gasteiger partial charge in [0.05, 0.1) is 0 Å². The third kappa shape index (κ3) is 8.56. The number of halogens is 1. The topological polar surface area (TPSA) is 36.4 Å². The van der Waals surface area contributed by atoms with Crippen LogP contribution in [0.3, 0.4) is 0 Å². The minimum atomic E-state index is 0. The Kier molecular flexibility index (Phi) is 11.9. The molecule has 0 aliphatic heterocycles. The first-order valence-corrected chi connectivity index (χ1v) is 8.56. The van der Waals surface area contributed by atoms with Gasteiger partial charge in [0.1, 0.15) is 0 Å². The average Bonchev–Trinajstić information content (AvgIpc) is 2.43. The summed E-state index contributed by atoms with van der Waals surface area (Å²) in [5.74, 6) is 2.12. The fraction of sp³-hybridized carbons (Fsp3) is 0.562. The van der Waals surface area contributed by atoms with Gasteiger partial charge in [0, 0.05) is 20.1 Å². The van der Waals surface area contributed by atoms with E-state index in [2.05, 4.69) is 53.9 Å². The maximum absolute atomic E-state index is 4.26. The second-order valence-electron chi connectivity index (χ2n) is 4.98. The van der Waals surface area contributed by atoms with Crippen molar-refractivity contribution in [2.24, 2.45) is 4.99 Å². The second kappa shape index (κ2) is 12.1. The monoisotopic (exact) mass is 421 g/mol. The Morgan fingerprint density at radius 2 is 1.95 bits per heavy atom. The van der Waals surface area contributed by atoms with Crippen LogP contribution in [0.1, 0.15) is 29.5 Å². The van der Waals surface area contributed by atoms with Crippen LogP contribution in [0.4, 0.5) is 0 Å². The van der Waals surface area contributed by atoms with Crippen LogP contribution in [0.5, 0.6) is 0 Å². The van der Waals surface area contributed by atoms with Crippen molar-refractivity contribution in [2.75, 3.05) is 25.6 Å². The molecule has 3 nitrogen and oxygen atoms in total. The van der Waals surface area contributed by atoms with Crippen LogP contribution in [0.2, 0.25) is 0 Å². The van der Waals surface area contributed by atoms with Crippen LogP contribution in [0, 0.1) is 13.8 Å². The van der Waals surface area contributed by atoms with E-state index in [4.69, 9.17) is 0 Å². The number of nitrogens with one attached hydrogen (secondary N) is 2. The number of hydrogen-bond donors (Lipinski definition) is 2. The van der Waals surface area contributed by atoms with E-state index in [1.807, 2.05) is 18.8 Å². The molecule has 0 aliphatic carbocycles. The Morgan fingerprint density at radius 3 is 2.57 bits per heavy atom. The third-order valence-corrected chi connectivity index (χ3v) is 3.93. The SMILES string of the molecule is CN=C(NCCCCSC)NCc1ccc(C)cc1C.I. The number of unbranched alkanes of at least 4 members (excludes halogenated alkanes) is 1. The largest absolute Gasteiger partial charge is 0.356 e. The van der Waals surface area contributed by atoms with Crippen LogP contribution < -0.4 is 10.6 Å². The van der Waals surface area contributed by atoms with E-state index >= 15 is 0 Å². The average molecular weight is 421 g/mol. The highest BCUT2D eigenvalue weighted by Crippen LogP contribution is 2.09. The quantitative estimate of drug-likeness (QED) is 0.305. The molecule has 5 heteroatoms. The minimum Gasteiger partial charge on any atom is -0.356 e. The summed E-state index contributed by atoms with van der Waals surface area (Å²) in [7, 11) is 1.82. The first-order chi connectivity index (χ1) is 9.67. The number of rotatable bonds is 7. The van der Waals surface area contributed by atoms with Crippen molar-refractivity contribution >= 4 is 41.7 Å². The number of hydrogen-bond acceptors (Lipinski definition) is 2. The zero-order chi connectivity index (χ0) is 14.8. The highest BCUT2D eigenvalue weighted by atomic mass is 127. The summed E-state index contributed by atoms with van der Waals surface area (Å²) in [6.45, 7) is 6.08. The van der Waals surface area contributed by atoms with Gasteiger partial charge in [0.2, 0.25) is 0 Å². The highest BCUT2D eigenvalue weighted by molar-refractivity contribution is 14.0. The maximum atomic E-state index is 4.26. The van der Waals surface area contributed by atoms with E-state index in [1.54, 1.807) is 0 Å². The van der Waals surface area contributed by atoms with Crippen LogP contribution >= 0.6 is 35.7 Å². The van der Waals surface area contributed by atoms with Gasteiger partial charge in [0.15, 0.2) is 5.96 Å². The first-order valence-electron chi connectivity index (χ1n) is 7.17. The smallest absolute Gasteiger partial charge is 0.191 e. The predicted molar refractivity (Wildman–Crippen MR) is 107 cm³/mol. The van der Waals surface area contributed by atoms with Gasteiger partial charge >= 0.3 is 0 Å². The van der Waals surface area contributed by atoms with E-state index in [0.717, 1.165) is 19.0 Å². The molecule has 0 aliphatic rings. The lowest BCUT2D eigenvalue weighted by molar-refractivity contribution is 0.732. The lowest BCUT2D eigenvalue weighted by Gasteiger charge is -2.13. The molecule has 21 heavy (non-hydrogen) atoms. The third-order valence-electron chi connectivity index (χ3n) is 3.24. The van der Waals surface area contributed by atoms with Crippen LogP contribution in [0.25, 0.3) is 0 Å². The van der Waals surface area contributed by atoms with Crippen LogP contribution in [-0.2, 0) is 6.54 Å². The molecule has 0 amide bonds. The van der Waals surface area contributed by atoms with E-state index in [0.29, 0.717) is 0 Å². The molecule has 0 unspecified atom stereocenters. The highest BCUT2D eigenvalue weighted by Gasteiger charge is 2.01. The number of guanidine groups is 1. The van der Waals surface area contributed by atoms with Gasteiger partial charge in [-0.3, -0.25) is 4.99 Å². The number of benzene rings is 1. The Hall–Kier alpha value is -0.430. The zero-order valence-corrected chi connectivity index (χ0v) is 16.7. The summed E-state index contributed by atoms with van der Waals surface area (Å²) in [5, 5.41) is 6.73. The van der Waals surface area contributed by atoms with Crippen molar-refractivity contribution in [3.05, 3.63) is 34.9 Å². The van der Waals surface area contributed by atoms with Gasteiger partial charge in [-0.2, -0.15) is 11.8 Å². The van der Waals surface area contributed by atoms with Gasteiger partial charge in [0.25, 0.3) is 0 Å². The number of thioether (sulfide) groups is 1. The van der Waals surface area contributed by atoms with Crippen molar-refractivity contribution in [1.29, 1.82) is 0 Å². The van der Waals surface area contributed by atoms with Crippen molar-refractivity contribution in [1.82, 2.24) is 10.6 Å². The van der Waals surface area contributed by atoms with Gasteiger partial charge in [-0.1, -0.05) is 23.8 Å². The number of aryl methyl sites for hydroxylation is 2. The molecule has 2 N–H and O–H groups in total. The summed E-state index contributed by atoms with van der Waals surface area (Å²) < 4.78 is 0. The number of aliphatic imine (C=N–C) groups is 1. The van der Waals surface area contributed by atoms with E-state index in [1.165, 1.54) is 35.3 Å². The molecule has 0 saturated heterocycles. The van der Waals surface area contributed by atoms with Gasteiger partial charge < -0.3 is 10.6 Å². The molecule has 1 aromatic rings. The molecular formula is C16H28IN3S. The molecule has 0 saturated carbocycles. The summed E-state index contributed by atoms with van der Waals surface area (Å²) in [6, 6.07) is 6.56. The van der Waals surface area contributed by atoms with E-state index in [-0.39, 0.29) is 24.0 Å². The first kappa shape index (κ1) is 20.6. The summed E-state index contributed by atoms with van der Waals surface area (Å²) in [4.78, 5) is 4.26. The fourth-order valence-electron chi connectivity index (χ4n) is 2.02. The molecule has 0 spiro atoms. The summed E-state index contributed by atoms with van der Waals surface area (Å²) in [6.07, 6.45) is 4.59. The van der Waals surface area contributed by atoms with E-state index < -0.39 is 0 Å². The number of nitrogens with zero attached hydrogens (tertiary/aromatic N) is 1. The van der Waals surface area contributed by atoms with Crippen molar-refractivity contribution in [3.63, 3.8) is 0 Å². The molecule has 1 rings (SSSR count). The van der Waals surface area contributed by atoms with Crippen molar-refractivity contribution in [2.45, 2.75) is 33.2 Å². The van der Waals surface area contributed by atoms with Gasteiger partial charge in [-0.05, 0) is 49.8 Å². The maximum Gasteiger partial charge on any atom is 0.191 e. The Balaban J connectivity index is 0.00000400. The minimum absolute atomic E-state index is 0. The lowest BCUT2D eigenvalue weighted by Crippen LogP contribution is -2.37. The predicted octanol–water partition coefficient (Wildman–Crippen LogP) is 3.73. The van der Waals surface area contributed by atoms with Crippen LogP contribution in [0.15, 0.2) is 23.2 Å². The summed E-state index contributed by atoms with van der Waals surface area (Å²) in [5.41, 5.74) is 3.96. The Morgan fingerprint density at radius 1 is 1.19 bits per heavy atom. The van der Waals surface area contributed by atoms with Crippen molar-refractivity contribution < 1.29 is 0 Å². The molecule has 0 heterocycles.